The van der Waals surface area contributed by atoms with Gasteiger partial charge in [-0.05, 0) is 30.7 Å². The largest absolute Gasteiger partial charge is 0.493 e. The molecule has 138 valence electrons. The van der Waals surface area contributed by atoms with Gasteiger partial charge in [0.1, 0.15) is 23.5 Å². The van der Waals surface area contributed by atoms with Crippen molar-refractivity contribution in [2.75, 3.05) is 7.11 Å². The molecule has 0 spiro atoms. The minimum absolute atomic E-state index is 0.0165. The van der Waals surface area contributed by atoms with Gasteiger partial charge in [-0.1, -0.05) is 0 Å². The summed E-state index contributed by atoms with van der Waals surface area (Å²) < 4.78 is 54.7. The molecule has 0 bridgehead atoms. The molecule has 1 aliphatic heterocycles. The lowest BCUT2D eigenvalue weighted by atomic mass is 9.92. The first-order chi connectivity index (χ1) is 12.3. The van der Waals surface area contributed by atoms with Crippen LogP contribution in [0.4, 0.5) is 13.2 Å². The number of alkyl halides is 3. The summed E-state index contributed by atoms with van der Waals surface area (Å²) in [5.74, 6) is -0.0675. The minimum atomic E-state index is -4.47. The first kappa shape index (κ1) is 16.8. The molecule has 26 heavy (non-hydrogen) atoms. The Kier molecular flexibility index (Phi) is 3.68. The number of hydrogen-bond acceptors (Lipinski definition) is 4. The van der Waals surface area contributed by atoms with E-state index in [1.807, 2.05) is 0 Å². The molecule has 1 unspecified atom stereocenters. The third kappa shape index (κ3) is 2.69. The normalized spacial score (nSPS) is 28.9. The number of fused-ring (bicyclic) bond motifs is 3. The highest BCUT2D eigenvalue weighted by molar-refractivity contribution is 5.76. The van der Waals surface area contributed by atoms with E-state index in [0.717, 1.165) is 12.1 Å². The van der Waals surface area contributed by atoms with E-state index in [-0.39, 0.29) is 29.4 Å². The Labute approximate surface area is 146 Å². The number of rotatable bonds is 4. The zero-order chi connectivity index (χ0) is 18.6. The lowest BCUT2D eigenvalue weighted by molar-refractivity contribution is -0.140. The summed E-state index contributed by atoms with van der Waals surface area (Å²) in [5, 5.41) is 9.10. The maximum absolute atomic E-state index is 12.8. The van der Waals surface area contributed by atoms with E-state index >= 15 is 0 Å². The van der Waals surface area contributed by atoms with Gasteiger partial charge in [0, 0.05) is 17.9 Å². The molecule has 1 aromatic carbocycles. The smallest absolute Gasteiger partial charge is 0.416 e. The maximum Gasteiger partial charge on any atom is 0.416 e. The van der Waals surface area contributed by atoms with Crippen molar-refractivity contribution in [1.29, 1.82) is 0 Å². The second-order valence-electron chi connectivity index (χ2n) is 6.48. The number of allylic oxidation sites excluding steroid dienone is 3. The molecule has 2 fully saturated rings. The number of methoxy groups -OCH3 is 1. The van der Waals surface area contributed by atoms with E-state index in [1.54, 1.807) is 12.2 Å². The summed E-state index contributed by atoms with van der Waals surface area (Å²) in [6.07, 6.45) is -0.749. The van der Waals surface area contributed by atoms with Gasteiger partial charge in [0.05, 0.1) is 12.7 Å². The predicted octanol–water partition coefficient (Wildman–Crippen LogP) is 3.61. The average molecular weight is 368 g/mol. The van der Waals surface area contributed by atoms with Crippen molar-refractivity contribution in [2.45, 2.75) is 18.7 Å². The van der Waals surface area contributed by atoms with E-state index in [4.69, 9.17) is 19.3 Å². The molecular formula is C18H15F3O5. The second kappa shape index (κ2) is 5.69. The SMILES string of the molecule is COc1cc(C(F)(F)F)ccc1OC1=CCC2C(=C1)O[C@H]1[C@H](C(=O)O)[C@@H]21. The van der Waals surface area contributed by atoms with Crippen LogP contribution in [0.1, 0.15) is 12.0 Å². The quantitative estimate of drug-likeness (QED) is 0.880. The van der Waals surface area contributed by atoms with E-state index < -0.39 is 23.6 Å². The molecule has 0 radical (unpaired) electrons. The number of carboxylic acid groups (broad SMARTS) is 1. The third-order valence-electron chi connectivity index (χ3n) is 4.97. The zero-order valence-corrected chi connectivity index (χ0v) is 13.6. The highest BCUT2D eigenvalue weighted by atomic mass is 19.4. The molecule has 2 aliphatic carbocycles. The lowest BCUT2D eigenvalue weighted by Crippen LogP contribution is -2.15. The number of hydrogen-bond donors (Lipinski definition) is 1. The first-order valence-electron chi connectivity index (χ1n) is 8.04. The van der Waals surface area contributed by atoms with Crippen molar-refractivity contribution in [2.24, 2.45) is 17.8 Å². The maximum atomic E-state index is 12.8. The molecular weight excluding hydrogens is 353 g/mol. The Morgan fingerprint density at radius 2 is 2.08 bits per heavy atom. The molecule has 8 heteroatoms. The van der Waals surface area contributed by atoms with Crippen LogP contribution in [0, 0.1) is 17.8 Å². The molecule has 1 heterocycles. The Morgan fingerprint density at radius 3 is 2.73 bits per heavy atom. The van der Waals surface area contributed by atoms with E-state index in [0.29, 0.717) is 17.9 Å². The Balaban J connectivity index is 1.50. The molecule has 4 atom stereocenters. The van der Waals surface area contributed by atoms with Gasteiger partial charge in [-0.25, -0.2) is 0 Å². The third-order valence-corrected chi connectivity index (χ3v) is 4.97. The minimum Gasteiger partial charge on any atom is -0.493 e. The highest BCUT2D eigenvalue weighted by Gasteiger charge is 2.66. The van der Waals surface area contributed by atoms with Crippen LogP contribution in [-0.4, -0.2) is 24.3 Å². The fourth-order valence-corrected chi connectivity index (χ4v) is 3.66. The average Bonchev–Trinajstić information content (AvgIpc) is 3.17. The van der Waals surface area contributed by atoms with Gasteiger partial charge in [-0.3, -0.25) is 4.79 Å². The summed E-state index contributed by atoms with van der Waals surface area (Å²) >= 11 is 0. The van der Waals surface area contributed by atoms with Crippen molar-refractivity contribution < 1.29 is 37.3 Å². The van der Waals surface area contributed by atoms with E-state index in [2.05, 4.69) is 0 Å². The van der Waals surface area contributed by atoms with Gasteiger partial charge in [0.25, 0.3) is 0 Å². The van der Waals surface area contributed by atoms with Gasteiger partial charge in [-0.15, -0.1) is 0 Å². The first-order valence-corrected chi connectivity index (χ1v) is 8.04. The van der Waals surface area contributed by atoms with Crippen molar-refractivity contribution in [1.82, 2.24) is 0 Å². The van der Waals surface area contributed by atoms with Crippen LogP contribution >= 0.6 is 0 Å². The van der Waals surface area contributed by atoms with Gasteiger partial charge < -0.3 is 19.3 Å². The fraction of sp³-hybridized carbons (Fsp3) is 0.389. The van der Waals surface area contributed by atoms with Crippen LogP contribution in [0.25, 0.3) is 0 Å². The number of carbonyl (C=O) groups is 1. The molecule has 4 rings (SSSR count). The van der Waals surface area contributed by atoms with Crippen LogP contribution in [-0.2, 0) is 15.7 Å². The number of halogens is 3. The summed E-state index contributed by atoms with van der Waals surface area (Å²) in [5.41, 5.74) is -0.823. The lowest BCUT2D eigenvalue weighted by Gasteiger charge is -2.20. The topological polar surface area (TPSA) is 65.0 Å². The van der Waals surface area contributed by atoms with Crippen LogP contribution in [0.15, 0.2) is 41.9 Å². The van der Waals surface area contributed by atoms with Crippen LogP contribution in [0.2, 0.25) is 0 Å². The summed E-state index contributed by atoms with van der Waals surface area (Å²) in [6, 6.07) is 3.02. The molecule has 1 N–H and O–H groups in total. The molecule has 0 aromatic heterocycles. The molecule has 1 aromatic rings. The Hall–Kier alpha value is -2.64. The Bertz CT molecular complexity index is 827. The van der Waals surface area contributed by atoms with Crippen LogP contribution in [0.3, 0.4) is 0 Å². The monoisotopic (exact) mass is 368 g/mol. The Morgan fingerprint density at radius 1 is 1.31 bits per heavy atom. The number of benzene rings is 1. The van der Waals surface area contributed by atoms with Crippen molar-refractivity contribution in [3.8, 4) is 11.5 Å². The second-order valence-corrected chi connectivity index (χ2v) is 6.48. The van der Waals surface area contributed by atoms with Crippen molar-refractivity contribution in [3.63, 3.8) is 0 Å². The van der Waals surface area contributed by atoms with E-state index in [1.165, 1.54) is 13.2 Å². The summed E-state index contributed by atoms with van der Waals surface area (Å²) in [7, 11) is 1.27. The number of carboxylic acids is 1. The van der Waals surface area contributed by atoms with E-state index in [9.17, 15) is 18.0 Å². The predicted molar refractivity (Wildman–Crippen MR) is 82.4 cm³/mol. The molecule has 5 nitrogen and oxygen atoms in total. The highest BCUT2D eigenvalue weighted by Crippen LogP contribution is 2.59. The standard InChI is InChI=1S/C18H15F3O5/c1-24-13-6-8(18(19,20)21)2-5-11(13)25-9-3-4-10-12(7-9)26-16-14(10)15(16)17(22)23/h2-3,5-7,10,14-16H,4H2,1H3,(H,22,23)/t10?,14-,15-,16-/m1/s1. The van der Waals surface area contributed by atoms with Crippen LogP contribution in [0.5, 0.6) is 11.5 Å². The summed E-state index contributed by atoms with van der Waals surface area (Å²) in [6.45, 7) is 0. The fourth-order valence-electron chi connectivity index (χ4n) is 3.66. The van der Waals surface area contributed by atoms with Crippen LogP contribution < -0.4 is 9.47 Å². The van der Waals surface area contributed by atoms with Gasteiger partial charge in [-0.2, -0.15) is 13.2 Å². The number of aliphatic carboxylic acids is 1. The van der Waals surface area contributed by atoms with Gasteiger partial charge in [0.2, 0.25) is 0 Å². The van der Waals surface area contributed by atoms with Gasteiger partial charge >= 0.3 is 12.1 Å². The van der Waals surface area contributed by atoms with Crippen molar-refractivity contribution >= 4 is 5.97 Å². The molecule has 1 saturated heterocycles. The van der Waals surface area contributed by atoms with Gasteiger partial charge in [0.15, 0.2) is 11.5 Å². The molecule has 0 amide bonds. The zero-order valence-electron chi connectivity index (χ0n) is 13.6. The molecule has 1 saturated carbocycles. The van der Waals surface area contributed by atoms with Crippen molar-refractivity contribution in [3.05, 3.63) is 47.4 Å². The number of ether oxygens (including phenoxy) is 3. The molecule has 3 aliphatic rings. The summed E-state index contributed by atoms with van der Waals surface area (Å²) in [4.78, 5) is 11.1.